The van der Waals surface area contributed by atoms with Gasteiger partial charge in [-0.25, -0.2) is 18.2 Å². The molecule has 0 aliphatic heterocycles. The predicted molar refractivity (Wildman–Crippen MR) is 88.2 cm³/mol. The van der Waals surface area contributed by atoms with Gasteiger partial charge >= 0.3 is 0 Å². The van der Waals surface area contributed by atoms with Crippen LogP contribution in [-0.2, 0) is 0 Å². The van der Waals surface area contributed by atoms with Gasteiger partial charge in [-0.2, -0.15) is 0 Å². The Morgan fingerprint density at radius 1 is 0.840 bits per heavy atom. The van der Waals surface area contributed by atoms with Crippen LogP contribution < -0.4 is 10.6 Å². The Morgan fingerprint density at radius 3 is 2.28 bits per heavy atom. The van der Waals surface area contributed by atoms with Gasteiger partial charge in [0.15, 0.2) is 11.6 Å². The van der Waals surface area contributed by atoms with Gasteiger partial charge in [0.05, 0.1) is 17.6 Å². The third-order valence-electron chi connectivity index (χ3n) is 3.33. The second-order valence-corrected chi connectivity index (χ2v) is 5.12. The van der Waals surface area contributed by atoms with Crippen LogP contribution in [0.3, 0.4) is 0 Å². The molecule has 0 aliphatic carbocycles. The van der Waals surface area contributed by atoms with E-state index in [1.807, 2.05) is 0 Å². The lowest BCUT2D eigenvalue weighted by Gasteiger charge is -2.08. The Labute approximate surface area is 141 Å². The molecule has 0 saturated heterocycles. The fourth-order valence-electron chi connectivity index (χ4n) is 2.09. The van der Waals surface area contributed by atoms with Crippen molar-refractivity contribution >= 4 is 23.0 Å². The lowest BCUT2D eigenvalue weighted by molar-refractivity contribution is 0.102. The molecular weight excluding hydrogens is 331 g/mol. The molecule has 7 heteroatoms. The van der Waals surface area contributed by atoms with Crippen LogP contribution in [0.4, 0.5) is 30.2 Å². The largest absolute Gasteiger partial charge is 0.352 e. The van der Waals surface area contributed by atoms with Crippen molar-refractivity contribution in [3.63, 3.8) is 0 Å². The number of halogens is 3. The molecule has 0 atom stereocenters. The van der Waals surface area contributed by atoms with Crippen LogP contribution in [0.15, 0.2) is 60.8 Å². The monoisotopic (exact) mass is 343 g/mol. The molecule has 25 heavy (non-hydrogen) atoms. The van der Waals surface area contributed by atoms with E-state index in [1.165, 1.54) is 24.4 Å². The van der Waals surface area contributed by atoms with Gasteiger partial charge in [0.25, 0.3) is 5.91 Å². The highest BCUT2D eigenvalue weighted by atomic mass is 19.2. The predicted octanol–water partition coefficient (Wildman–Crippen LogP) is 4.49. The van der Waals surface area contributed by atoms with E-state index < -0.39 is 23.4 Å². The minimum absolute atomic E-state index is 0.0730. The molecule has 3 rings (SSSR count). The number of para-hydroxylation sites is 1. The number of aromatic nitrogens is 1. The lowest BCUT2D eigenvalue weighted by atomic mass is 10.2. The Hall–Kier alpha value is -3.35. The average Bonchev–Trinajstić information content (AvgIpc) is 2.61. The Kier molecular flexibility index (Phi) is 4.65. The first-order valence-corrected chi connectivity index (χ1v) is 7.27. The molecule has 0 bridgehead atoms. The smallest absolute Gasteiger partial charge is 0.274 e. The molecule has 2 N–H and O–H groups in total. The molecule has 126 valence electrons. The third kappa shape index (κ3) is 3.95. The van der Waals surface area contributed by atoms with Crippen molar-refractivity contribution in [3.05, 3.63) is 83.9 Å². The lowest BCUT2D eigenvalue weighted by Crippen LogP contribution is -2.13. The second kappa shape index (κ2) is 7.04. The van der Waals surface area contributed by atoms with E-state index in [2.05, 4.69) is 15.6 Å². The number of pyridine rings is 1. The molecule has 1 aromatic heterocycles. The normalized spacial score (nSPS) is 10.4. The number of rotatable bonds is 4. The standard InChI is InChI=1S/C18H12F3N3O/c19-13-7-5-11(9-15(13)21)24-18(25)17-8-6-12(10-22-17)23-16-4-2-1-3-14(16)20/h1-10,23H,(H,24,25). The van der Waals surface area contributed by atoms with Crippen molar-refractivity contribution in [1.82, 2.24) is 4.98 Å². The zero-order valence-corrected chi connectivity index (χ0v) is 12.8. The van der Waals surface area contributed by atoms with Gasteiger partial charge in [0.2, 0.25) is 0 Å². The highest BCUT2D eigenvalue weighted by molar-refractivity contribution is 6.02. The molecule has 0 radical (unpaired) electrons. The minimum Gasteiger partial charge on any atom is -0.352 e. The van der Waals surface area contributed by atoms with Crippen molar-refractivity contribution in [2.75, 3.05) is 10.6 Å². The van der Waals surface area contributed by atoms with E-state index >= 15 is 0 Å². The zero-order valence-electron chi connectivity index (χ0n) is 12.8. The number of nitrogens with zero attached hydrogens (tertiary/aromatic N) is 1. The maximum atomic E-state index is 13.6. The molecule has 3 aromatic rings. The summed E-state index contributed by atoms with van der Waals surface area (Å²) in [6.45, 7) is 0. The number of hydrogen-bond donors (Lipinski definition) is 2. The summed E-state index contributed by atoms with van der Waals surface area (Å²) in [5.74, 6) is -3.05. The number of carbonyl (C=O) groups is 1. The molecule has 0 fully saturated rings. The molecule has 0 saturated carbocycles. The van der Waals surface area contributed by atoms with Gasteiger partial charge in [-0.15, -0.1) is 0 Å². The topological polar surface area (TPSA) is 54.0 Å². The molecular formula is C18H12F3N3O. The van der Waals surface area contributed by atoms with Gasteiger partial charge in [-0.1, -0.05) is 12.1 Å². The summed E-state index contributed by atoms with van der Waals surface area (Å²) in [5.41, 5.74) is 0.959. The molecule has 1 heterocycles. The van der Waals surface area contributed by atoms with E-state index in [9.17, 15) is 18.0 Å². The van der Waals surface area contributed by atoms with Crippen LogP contribution in [0.25, 0.3) is 0 Å². The molecule has 0 spiro atoms. The highest BCUT2D eigenvalue weighted by Crippen LogP contribution is 2.19. The van der Waals surface area contributed by atoms with Crippen LogP contribution in [0, 0.1) is 17.5 Å². The average molecular weight is 343 g/mol. The zero-order chi connectivity index (χ0) is 17.8. The van der Waals surface area contributed by atoms with Crippen LogP contribution in [0.5, 0.6) is 0 Å². The number of amides is 1. The summed E-state index contributed by atoms with van der Waals surface area (Å²) in [6.07, 6.45) is 1.37. The van der Waals surface area contributed by atoms with Crippen molar-refractivity contribution in [3.8, 4) is 0 Å². The van der Waals surface area contributed by atoms with Crippen LogP contribution in [0.1, 0.15) is 10.5 Å². The van der Waals surface area contributed by atoms with E-state index in [0.29, 0.717) is 5.69 Å². The van der Waals surface area contributed by atoms with Crippen LogP contribution >= 0.6 is 0 Å². The van der Waals surface area contributed by atoms with Crippen LogP contribution in [-0.4, -0.2) is 10.9 Å². The van der Waals surface area contributed by atoms with E-state index in [-0.39, 0.29) is 17.1 Å². The Balaban J connectivity index is 1.70. The maximum Gasteiger partial charge on any atom is 0.274 e. The summed E-state index contributed by atoms with van der Waals surface area (Å²) < 4.78 is 39.6. The number of benzene rings is 2. The number of hydrogen-bond acceptors (Lipinski definition) is 3. The van der Waals surface area contributed by atoms with E-state index in [0.717, 1.165) is 12.1 Å². The first-order chi connectivity index (χ1) is 12.0. The molecule has 0 aliphatic rings. The highest BCUT2D eigenvalue weighted by Gasteiger charge is 2.10. The van der Waals surface area contributed by atoms with Gasteiger partial charge in [-0.05, 0) is 36.4 Å². The Bertz CT molecular complexity index is 914. The summed E-state index contributed by atoms with van der Waals surface area (Å²) in [7, 11) is 0. The maximum absolute atomic E-state index is 13.6. The molecule has 1 amide bonds. The van der Waals surface area contributed by atoms with Crippen molar-refractivity contribution < 1.29 is 18.0 Å². The first kappa shape index (κ1) is 16.5. The van der Waals surface area contributed by atoms with E-state index in [1.54, 1.807) is 24.3 Å². The summed E-state index contributed by atoms with van der Waals surface area (Å²) >= 11 is 0. The van der Waals surface area contributed by atoms with Crippen LogP contribution in [0.2, 0.25) is 0 Å². The summed E-state index contributed by atoms with van der Waals surface area (Å²) in [6, 6.07) is 12.2. The van der Waals surface area contributed by atoms with Crippen molar-refractivity contribution in [1.29, 1.82) is 0 Å². The number of carbonyl (C=O) groups excluding carboxylic acids is 1. The van der Waals surface area contributed by atoms with Gasteiger partial charge < -0.3 is 10.6 Å². The van der Waals surface area contributed by atoms with E-state index in [4.69, 9.17) is 0 Å². The summed E-state index contributed by atoms with van der Waals surface area (Å²) in [4.78, 5) is 16.0. The summed E-state index contributed by atoms with van der Waals surface area (Å²) in [5, 5.41) is 5.26. The number of nitrogens with one attached hydrogen (secondary N) is 2. The fourth-order valence-corrected chi connectivity index (χ4v) is 2.09. The quantitative estimate of drug-likeness (QED) is 0.734. The Morgan fingerprint density at radius 2 is 1.60 bits per heavy atom. The SMILES string of the molecule is O=C(Nc1ccc(F)c(F)c1)c1ccc(Nc2ccccc2F)cn1. The van der Waals surface area contributed by atoms with Gasteiger partial charge in [0.1, 0.15) is 11.5 Å². The first-order valence-electron chi connectivity index (χ1n) is 7.27. The molecule has 2 aromatic carbocycles. The minimum atomic E-state index is -1.06. The number of anilines is 3. The van der Waals surface area contributed by atoms with Crippen molar-refractivity contribution in [2.45, 2.75) is 0 Å². The third-order valence-corrected chi connectivity index (χ3v) is 3.33. The fraction of sp³-hybridized carbons (Fsp3) is 0. The van der Waals surface area contributed by atoms with Gasteiger partial charge in [0, 0.05) is 11.8 Å². The van der Waals surface area contributed by atoms with Gasteiger partial charge in [-0.3, -0.25) is 4.79 Å². The van der Waals surface area contributed by atoms with Crippen molar-refractivity contribution in [2.24, 2.45) is 0 Å². The second-order valence-electron chi connectivity index (χ2n) is 5.12. The molecule has 4 nitrogen and oxygen atoms in total. The molecule has 0 unspecified atom stereocenters.